The minimum atomic E-state index is 0.00721. The molecule has 4 rings (SSSR count). The van der Waals surface area contributed by atoms with Crippen molar-refractivity contribution in [1.29, 1.82) is 0 Å². The second kappa shape index (κ2) is 4.60. The lowest BCUT2D eigenvalue weighted by atomic mass is 9.97. The van der Waals surface area contributed by atoms with Crippen LogP contribution in [0, 0.1) is 0 Å². The monoisotopic (exact) mass is 290 g/mol. The minimum absolute atomic E-state index is 0.00721. The molecule has 0 aliphatic heterocycles. The Kier molecular flexibility index (Phi) is 2.70. The van der Waals surface area contributed by atoms with Gasteiger partial charge in [-0.3, -0.25) is 4.79 Å². The van der Waals surface area contributed by atoms with Crippen molar-refractivity contribution in [2.45, 2.75) is 6.42 Å². The van der Waals surface area contributed by atoms with Gasteiger partial charge in [0.1, 0.15) is 5.75 Å². The van der Waals surface area contributed by atoms with Crippen molar-refractivity contribution >= 4 is 39.2 Å². The summed E-state index contributed by atoms with van der Waals surface area (Å²) in [7, 11) is 1.53. The van der Waals surface area contributed by atoms with Crippen molar-refractivity contribution in [3.8, 4) is 5.75 Å². The summed E-state index contributed by atoms with van der Waals surface area (Å²) in [5.74, 6) is 0.684. The quantitative estimate of drug-likeness (QED) is 0.699. The second-order valence-electron chi connectivity index (χ2n) is 5.50. The van der Waals surface area contributed by atoms with E-state index in [4.69, 9.17) is 4.74 Å². The topological polar surface area (TPSA) is 46.5 Å². The van der Waals surface area contributed by atoms with Crippen LogP contribution in [0.15, 0.2) is 42.5 Å². The highest BCUT2D eigenvalue weighted by atomic mass is 16.5. The molecule has 0 heterocycles. The van der Waals surface area contributed by atoms with E-state index in [1.807, 2.05) is 30.3 Å². The molecule has 0 saturated carbocycles. The fourth-order valence-corrected chi connectivity index (χ4v) is 3.14. The lowest BCUT2D eigenvalue weighted by molar-refractivity contribution is -0.114. The van der Waals surface area contributed by atoms with Crippen molar-refractivity contribution in [1.82, 2.24) is 0 Å². The van der Waals surface area contributed by atoms with E-state index >= 15 is 0 Å². The molecule has 0 atom stereocenters. The molecule has 0 aromatic heterocycles. The third-order valence-corrected chi connectivity index (χ3v) is 4.20. The zero-order valence-electron chi connectivity index (χ0n) is 12.1. The van der Waals surface area contributed by atoms with Crippen LogP contribution in [0.3, 0.4) is 0 Å². The summed E-state index contributed by atoms with van der Waals surface area (Å²) in [4.78, 5) is 12.0. The van der Waals surface area contributed by atoms with Gasteiger partial charge in [0.05, 0.1) is 7.11 Å². The Morgan fingerprint density at radius 3 is 2.55 bits per heavy atom. The first-order chi connectivity index (χ1) is 10.7. The zero-order chi connectivity index (χ0) is 15.3. The number of ether oxygens (including phenoxy) is 1. The summed E-state index contributed by atoms with van der Waals surface area (Å²) in [5.41, 5.74) is 0. The average Bonchev–Trinajstić information content (AvgIpc) is 2.53. The maximum absolute atomic E-state index is 12.0. The Balaban J connectivity index is 2.21. The van der Waals surface area contributed by atoms with Crippen molar-refractivity contribution in [2.75, 3.05) is 7.11 Å². The highest BCUT2D eigenvalue weighted by molar-refractivity contribution is 6.16. The van der Waals surface area contributed by atoms with E-state index in [0.717, 1.165) is 32.0 Å². The van der Waals surface area contributed by atoms with Gasteiger partial charge < -0.3 is 9.84 Å². The number of phenolic OH excluding ortho intramolecular Hbond substituents is 1. The predicted octanol–water partition coefficient (Wildman–Crippen LogP) is 2.21. The minimum Gasteiger partial charge on any atom is -0.508 e. The number of phenols is 1. The molecule has 0 saturated heterocycles. The molecule has 0 spiro atoms. The van der Waals surface area contributed by atoms with Gasteiger partial charge in [-0.25, -0.2) is 0 Å². The Morgan fingerprint density at radius 1 is 1.00 bits per heavy atom. The van der Waals surface area contributed by atoms with Crippen molar-refractivity contribution < 1.29 is 14.6 Å². The number of carbonyl (C=O) groups excluding carboxylic acids is 1. The van der Waals surface area contributed by atoms with Gasteiger partial charge in [0.15, 0.2) is 5.76 Å². The maximum Gasteiger partial charge on any atom is 0.201 e. The van der Waals surface area contributed by atoms with Crippen LogP contribution in [0.1, 0.15) is 6.42 Å². The molecule has 108 valence electrons. The van der Waals surface area contributed by atoms with E-state index in [2.05, 4.69) is 6.07 Å². The summed E-state index contributed by atoms with van der Waals surface area (Å²) < 4.78 is 5.29. The largest absolute Gasteiger partial charge is 0.508 e. The van der Waals surface area contributed by atoms with Gasteiger partial charge in [-0.1, -0.05) is 24.3 Å². The first-order valence-electron chi connectivity index (χ1n) is 7.14. The molecule has 1 N–H and O–H groups in total. The smallest absolute Gasteiger partial charge is 0.201 e. The first kappa shape index (κ1) is 12.9. The summed E-state index contributed by atoms with van der Waals surface area (Å²) in [6.07, 6.45) is 2.29. The Hall–Kier alpha value is -2.81. The number of carbonyl (C=O) groups is 1. The molecule has 22 heavy (non-hydrogen) atoms. The molecule has 0 fully saturated rings. The lowest BCUT2D eigenvalue weighted by Crippen LogP contribution is -2.33. The molecule has 0 amide bonds. The normalized spacial score (nSPS) is 14.0. The van der Waals surface area contributed by atoms with Gasteiger partial charge in [0.2, 0.25) is 5.78 Å². The third kappa shape index (κ3) is 1.79. The Bertz CT molecular complexity index is 1060. The van der Waals surface area contributed by atoms with Gasteiger partial charge in [-0.05, 0) is 51.0 Å². The summed E-state index contributed by atoms with van der Waals surface area (Å²) in [5, 5.41) is 15.8. The Morgan fingerprint density at radius 2 is 1.73 bits per heavy atom. The van der Waals surface area contributed by atoms with E-state index < -0.39 is 0 Å². The van der Waals surface area contributed by atoms with Crippen LogP contribution in [-0.4, -0.2) is 18.0 Å². The number of Topliss-reactive ketones (excluding diaryl/α,β-unsaturated/α-hetero) is 1. The molecular weight excluding hydrogens is 276 g/mol. The average molecular weight is 290 g/mol. The van der Waals surface area contributed by atoms with Crippen molar-refractivity contribution in [2.24, 2.45) is 0 Å². The molecule has 0 bridgehead atoms. The predicted molar refractivity (Wildman–Crippen MR) is 86.9 cm³/mol. The number of hydrogen-bond acceptors (Lipinski definition) is 3. The maximum atomic E-state index is 12.0. The zero-order valence-corrected chi connectivity index (χ0v) is 12.1. The Labute approximate surface area is 126 Å². The van der Waals surface area contributed by atoms with Crippen LogP contribution in [-0.2, 0) is 9.53 Å². The molecule has 1 aliphatic carbocycles. The van der Waals surface area contributed by atoms with Crippen LogP contribution >= 0.6 is 0 Å². The van der Waals surface area contributed by atoms with Gasteiger partial charge in [-0.2, -0.15) is 0 Å². The van der Waals surface area contributed by atoms with E-state index in [-0.39, 0.29) is 11.5 Å². The molecular formula is C19H14O3. The van der Waals surface area contributed by atoms with Gasteiger partial charge in [0.25, 0.3) is 0 Å². The summed E-state index contributed by atoms with van der Waals surface area (Å²) in [6.45, 7) is 0. The lowest BCUT2D eigenvalue weighted by Gasteiger charge is -2.11. The summed E-state index contributed by atoms with van der Waals surface area (Å²) >= 11 is 0. The SMILES string of the molecule is COC1=c2cc3ccc4ccc(O)cc4c3cc2=CCC1=O. The molecule has 3 heteroatoms. The standard InChI is InChI=1S/C19H14O3/c1-22-19-17-9-12-3-2-11-4-6-14(20)10-16(11)15(12)8-13(17)5-7-18(19)21/h2-6,8-10,20H,7H2,1H3. The number of benzene rings is 3. The van der Waals surface area contributed by atoms with Crippen LogP contribution in [0.5, 0.6) is 5.75 Å². The fraction of sp³-hybridized carbons (Fsp3) is 0.105. The van der Waals surface area contributed by atoms with E-state index in [1.165, 1.54) is 7.11 Å². The number of hydrogen-bond donors (Lipinski definition) is 1. The highest BCUT2D eigenvalue weighted by Gasteiger charge is 2.15. The van der Waals surface area contributed by atoms with E-state index in [9.17, 15) is 9.90 Å². The number of methoxy groups -OCH3 is 1. The van der Waals surface area contributed by atoms with Crippen LogP contribution in [0.2, 0.25) is 0 Å². The molecule has 3 aromatic carbocycles. The molecule has 3 aromatic rings. The number of ketones is 1. The molecule has 0 unspecified atom stereocenters. The second-order valence-corrected chi connectivity index (χ2v) is 5.50. The molecule has 1 aliphatic rings. The van der Waals surface area contributed by atoms with Gasteiger partial charge >= 0.3 is 0 Å². The number of fused-ring (bicyclic) bond motifs is 4. The molecule has 3 nitrogen and oxygen atoms in total. The van der Waals surface area contributed by atoms with Crippen molar-refractivity contribution in [3.05, 3.63) is 52.9 Å². The van der Waals surface area contributed by atoms with Crippen LogP contribution < -0.4 is 10.4 Å². The van der Waals surface area contributed by atoms with Crippen molar-refractivity contribution in [3.63, 3.8) is 0 Å². The van der Waals surface area contributed by atoms with Crippen LogP contribution in [0.25, 0.3) is 33.4 Å². The molecule has 0 radical (unpaired) electrons. The van der Waals surface area contributed by atoms with Gasteiger partial charge in [-0.15, -0.1) is 0 Å². The van der Waals surface area contributed by atoms with Gasteiger partial charge in [0, 0.05) is 11.6 Å². The summed E-state index contributed by atoms with van der Waals surface area (Å²) in [6, 6.07) is 13.5. The number of aromatic hydroxyl groups is 1. The van der Waals surface area contributed by atoms with E-state index in [0.29, 0.717) is 12.2 Å². The third-order valence-electron chi connectivity index (χ3n) is 4.20. The van der Waals surface area contributed by atoms with E-state index in [1.54, 1.807) is 12.1 Å². The first-order valence-corrected chi connectivity index (χ1v) is 7.14. The highest BCUT2D eigenvalue weighted by Crippen LogP contribution is 2.27. The number of rotatable bonds is 1. The fourth-order valence-electron chi connectivity index (χ4n) is 3.14. The van der Waals surface area contributed by atoms with Crippen LogP contribution in [0.4, 0.5) is 0 Å².